The lowest BCUT2D eigenvalue weighted by Gasteiger charge is -2.23. The Balaban J connectivity index is 0.00000274. The summed E-state index contributed by atoms with van der Waals surface area (Å²) in [6, 6.07) is 12.8. The molecule has 3 aromatic heterocycles. The number of aromatic nitrogens is 4. The number of nitrogens with two attached hydrogens (primary N) is 1. The molecule has 10 heteroatoms. The van der Waals surface area contributed by atoms with Crippen LogP contribution in [0.4, 0.5) is 11.6 Å². The number of nitrogens with one attached hydrogen (secondary N) is 2. The summed E-state index contributed by atoms with van der Waals surface area (Å²) in [5.41, 5.74) is 9.13. The number of carbonyl (C=O) groups is 1. The van der Waals surface area contributed by atoms with Gasteiger partial charge in [0.2, 0.25) is 0 Å². The van der Waals surface area contributed by atoms with Crippen LogP contribution < -0.4 is 21.1 Å². The van der Waals surface area contributed by atoms with Crippen LogP contribution in [0.15, 0.2) is 54.9 Å². The fourth-order valence-electron chi connectivity index (χ4n) is 4.27. The van der Waals surface area contributed by atoms with E-state index in [0.29, 0.717) is 28.6 Å². The monoisotopic (exact) mass is 479 g/mol. The molecule has 34 heavy (non-hydrogen) atoms. The largest absolute Gasteiger partial charge is 0.496 e. The van der Waals surface area contributed by atoms with E-state index in [1.54, 1.807) is 43.8 Å². The Morgan fingerprint density at radius 2 is 2.09 bits per heavy atom. The predicted octanol–water partition coefficient (Wildman–Crippen LogP) is 3.68. The molecule has 0 bridgehead atoms. The Morgan fingerprint density at radius 1 is 1.21 bits per heavy atom. The molecule has 1 amide bonds. The van der Waals surface area contributed by atoms with Crippen molar-refractivity contribution >= 4 is 40.9 Å². The molecule has 1 atom stereocenters. The van der Waals surface area contributed by atoms with Crippen LogP contribution in [0.5, 0.6) is 5.75 Å². The van der Waals surface area contributed by atoms with Crippen LogP contribution in [0.2, 0.25) is 0 Å². The highest BCUT2D eigenvalue weighted by molar-refractivity contribution is 6.06. The van der Waals surface area contributed by atoms with Crippen molar-refractivity contribution < 1.29 is 9.53 Å². The van der Waals surface area contributed by atoms with E-state index in [1.165, 1.54) is 0 Å². The van der Waals surface area contributed by atoms with E-state index in [2.05, 4.69) is 20.6 Å². The summed E-state index contributed by atoms with van der Waals surface area (Å²) in [5.74, 6) is 1.15. The lowest BCUT2D eigenvalue weighted by molar-refractivity contribution is 0.102. The first-order valence-electron chi connectivity index (χ1n) is 10.9. The van der Waals surface area contributed by atoms with Gasteiger partial charge in [-0.15, -0.1) is 12.4 Å². The first-order chi connectivity index (χ1) is 16.2. The van der Waals surface area contributed by atoms with Gasteiger partial charge in [0.1, 0.15) is 23.1 Å². The summed E-state index contributed by atoms with van der Waals surface area (Å²) >= 11 is 0. The minimum atomic E-state index is -0.275. The van der Waals surface area contributed by atoms with Gasteiger partial charge in [0.25, 0.3) is 5.91 Å². The maximum absolute atomic E-state index is 12.7. The molecule has 4 aromatic rings. The van der Waals surface area contributed by atoms with Crippen LogP contribution >= 0.6 is 12.4 Å². The number of methoxy groups -OCH3 is 1. The summed E-state index contributed by atoms with van der Waals surface area (Å²) in [7, 11) is 1.57. The third kappa shape index (κ3) is 4.40. The number of carbonyl (C=O) groups excluding carboxylic acids is 1. The highest BCUT2D eigenvalue weighted by atomic mass is 35.5. The van der Waals surface area contributed by atoms with E-state index >= 15 is 0 Å². The number of hydrogen-bond acceptors (Lipinski definition) is 7. The van der Waals surface area contributed by atoms with Gasteiger partial charge in [0.05, 0.1) is 24.1 Å². The molecular formula is C24H26ClN7O2. The van der Waals surface area contributed by atoms with Crippen LogP contribution in [0.3, 0.4) is 0 Å². The minimum absolute atomic E-state index is 0. The van der Waals surface area contributed by atoms with Crippen LogP contribution in [-0.2, 0) is 0 Å². The topological polar surface area (TPSA) is 120 Å². The van der Waals surface area contributed by atoms with Crippen LogP contribution in [0, 0.1) is 0 Å². The van der Waals surface area contributed by atoms with Crippen LogP contribution in [-0.4, -0.2) is 45.9 Å². The van der Waals surface area contributed by atoms with Crippen LogP contribution in [0.1, 0.15) is 29.2 Å². The van der Waals surface area contributed by atoms with Crippen molar-refractivity contribution in [3.63, 3.8) is 0 Å². The molecule has 1 saturated heterocycles. The van der Waals surface area contributed by atoms with E-state index in [1.807, 2.05) is 22.9 Å². The Labute approximate surface area is 203 Å². The van der Waals surface area contributed by atoms with Gasteiger partial charge in [-0.05, 0) is 55.8 Å². The van der Waals surface area contributed by atoms with Crippen molar-refractivity contribution in [3.05, 3.63) is 60.4 Å². The number of ether oxygens (including phenoxy) is 1. The van der Waals surface area contributed by atoms with Gasteiger partial charge in [-0.1, -0.05) is 6.07 Å². The second-order valence-corrected chi connectivity index (χ2v) is 7.97. The number of benzene rings is 1. The number of halogens is 1. The van der Waals surface area contributed by atoms with E-state index in [4.69, 9.17) is 15.6 Å². The second kappa shape index (κ2) is 10.1. The van der Waals surface area contributed by atoms with Crippen molar-refractivity contribution in [2.24, 2.45) is 0 Å². The van der Waals surface area contributed by atoms with E-state index in [9.17, 15) is 4.79 Å². The number of amides is 1. The predicted molar refractivity (Wildman–Crippen MR) is 135 cm³/mol. The maximum atomic E-state index is 12.7. The normalized spacial score (nSPS) is 15.5. The highest BCUT2D eigenvalue weighted by Gasteiger charge is 2.24. The first-order valence-corrected chi connectivity index (χ1v) is 10.9. The number of piperidine rings is 1. The number of anilines is 2. The minimum Gasteiger partial charge on any atom is -0.496 e. The van der Waals surface area contributed by atoms with Gasteiger partial charge < -0.3 is 21.1 Å². The molecule has 0 saturated carbocycles. The molecule has 0 radical (unpaired) electrons. The first kappa shape index (κ1) is 23.5. The quantitative estimate of drug-likeness (QED) is 0.399. The number of hydrogen-bond donors (Lipinski definition) is 3. The van der Waals surface area contributed by atoms with E-state index in [-0.39, 0.29) is 24.4 Å². The van der Waals surface area contributed by atoms with Crippen molar-refractivity contribution in [1.82, 2.24) is 25.1 Å². The summed E-state index contributed by atoms with van der Waals surface area (Å²) in [6.07, 6.45) is 5.46. The number of rotatable bonds is 5. The van der Waals surface area contributed by atoms with Gasteiger partial charge in [-0.2, -0.15) is 5.10 Å². The molecule has 1 aliphatic heterocycles. The molecular weight excluding hydrogens is 454 g/mol. The molecule has 4 N–H and O–H groups in total. The molecule has 5 rings (SSSR count). The maximum Gasteiger partial charge on any atom is 0.256 e. The summed E-state index contributed by atoms with van der Waals surface area (Å²) < 4.78 is 7.70. The zero-order chi connectivity index (χ0) is 22.8. The van der Waals surface area contributed by atoms with Crippen molar-refractivity contribution in [2.45, 2.75) is 18.9 Å². The van der Waals surface area contributed by atoms with Gasteiger partial charge in [-0.3, -0.25) is 9.48 Å². The number of nitrogen functional groups attached to an aromatic ring is 1. The Morgan fingerprint density at radius 3 is 2.82 bits per heavy atom. The molecule has 1 unspecified atom stereocenters. The van der Waals surface area contributed by atoms with E-state index in [0.717, 1.165) is 42.4 Å². The molecule has 0 spiro atoms. The number of nitrogens with zero attached hydrogens (tertiary/aromatic N) is 4. The van der Waals surface area contributed by atoms with Gasteiger partial charge in [-0.25, -0.2) is 9.97 Å². The van der Waals surface area contributed by atoms with Crippen molar-refractivity contribution in [3.8, 4) is 17.0 Å². The SMILES string of the molecule is COc1cc(C(=O)Nc2ccccn2)ccc1-c1nn(C2CCCNC2)c2ccnc(N)c12.Cl. The van der Waals surface area contributed by atoms with Gasteiger partial charge >= 0.3 is 0 Å². The van der Waals surface area contributed by atoms with Gasteiger partial charge in [0, 0.05) is 30.1 Å². The van der Waals surface area contributed by atoms with Crippen molar-refractivity contribution in [2.75, 3.05) is 31.2 Å². The summed E-state index contributed by atoms with van der Waals surface area (Å²) in [5, 5.41) is 12.0. The summed E-state index contributed by atoms with van der Waals surface area (Å²) in [6.45, 7) is 1.87. The number of fused-ring (bicyclic) bond motifs is 1. The molecule has 1 fully saturated rings. The average Bonchev–Trinajstić information content (AvgIpc) is 3.25. The molecule has 9 nitrogen and oxygen atoms in total. The second-order valence-electron chi connectivity index (χ2n) is 7.97. The van der Waals surface area contributed by atoms with E-state index < -0.39 is 0 Å². The standard InChI is InChI=1S/C24H25N7O2.ClH/c1-33-19-13-15(24(32)29-20-6-2-3-11-27-20)7-8-17(19)22-21-18(9-12-28-23(21)25)31(30-22)16-5-4-10-26-14-16;/h2-3,6-9,11-13,16,26H,4-5,10,14H2,1H3,(H2,25,28)(H,27,29,32);1H. The average molecular weight is 480 g/mol. The lowest BCUT2D eigenvalue weighted by Crippen LogP contribution is -2.32. The zero-order valence-electron chi connectivity index (χ0n) is 18.7. The zero-order valence-corrected chi connectivity index (χ0v) is 19.5. The Bertz CT molecular complexity index is 1300. The number of pyridine rings is 2. The van der Waals surface area contributed by atoms with Crippen molar-refractivity contribution in [1.29, 1.82) is 0 Å². The highest BCUT2D eigenvalue weighted by Crippen LogP contribution is 2.38. The summed E-state index contributed by atoms with van der Waals surface area (Å²) in [4.78, 5) is 21.2. The molecule has 1 aliphatic rings. The van der Waals surface area contributed by atoms with Gasteiger partial charge in [0.15, 0.2) is 0 Å². The third-order valence-corrected chi connectivity index (χ3v) is 5.89. The molecule has 1 aromatic carbocycles. The Hall–Kier alpha value is -3.69. The Kier molecular flexibility index (Phi) is 6.95. The van der Waals surface area contributed by atoms with Crippen LogP contribution in [0.25, 0.3) is 22.2 Å². The molecule has 176 valence electrons. The fraction of sp³-hybridized carbons (Fsp3) is 0.250. The lowest BCUT2D eigenvalue weighted by atomic mass is 10.0. The molecule has 4 heterocycles. The third-order valence-electron chi connectivity index (χ3n) is 5.89. The fourth-order valence-corrected chi connectivity index (χ4v) is 4.27. The molecule has 0 aliphatic carbocycles. The smallest absolute Gasteiger partial charge is 0.256 e.